The van der Waals surface area contributed by atoms with Gasteiger partial charge in [-0.25, -0.2) is 4.98 Å². The molecule has 2 aromatic rings. The van der Waals surface area contributed by atoms with E-state index in [1.165, 1.54) is 0 Å². The van der Waals surface area contributed by atoms with E-state index < -0.39 is 0 Å². The minimum atomic E-state index is 0.0453. The minimum Gasteiger partial charge on any atom is -0.396 e. The molecule has 1 saturated heterocycles. The summed E-state index contributed by atoms with van der Waals surface area (Å²) >= 11 is 0. The van der Waals surface area contributed by atoms with E-state index in [0.29, 0.717) is 18.7 Å². The monoisotopic (exact) mass is 271 g/mol. The third-order valence-electron chi connectivity index (χ3n) is 3.63. The van der Waals surface area contributed by atoms with E-state index in [2.05, 4.69) is 4.98 Å². The van der Waals surface area contributed by atoms with Gasteiger partial charge in [0.25, 0.3) is 5.91 Å². The first kappa shape index (κ1) is 12.9. The van der Waals surface area contributed by atoms with Crippen molar-refractivity contribution in [3.63, 3.8) is 0 Å². The van der Waals surface area contributed by atoms with Crippen molar-refractivity contribution in [1.29, 1.82) is 0 Å². The highest BCUT2D eigenvalue weighted by molar-refractivity contribution is 5.94. The van der Waals surface area contributed by atoms with Crippen molar-refractivity contribution in [3.05, 3.63) is 54.1 Å². The van der Waals surface area contributed by atoms with Crippen LogP contribution in [-0.4, -0.2) is 45.2 Å². The van der Waals surface area contributed by atoms with Crippen molar-refractivity contribution < 1.29 is 9.90 Å². The van der Waals surface area contributed by atoms with Crippen LogP contribution >= 0.6 is 0 Å². The van der Waals surface area contributed by atoms with Gasteiger partial charge < -0.3 is 14.6 Å². The van der Waals surface area contributed by atoms with E-state index in [9.17, 15) is 4.79 Å². The average molecular weight is 271 g/mol. The van der Waals surface area contributed by atoms with E-state index in [-0.39, 0.29) is 18.4 Å². The summed E-state index contributed by atoms with van der Waals surface area (Å²) in [4.78, 5) is 17.9. The third kappa shape index (κ3) is 2.58. The molecule has 0 radical (unpaired) electrons. The van der Waals surface area contributed by atoms with Crippen molar-refractivity contribution in [2.45, 2.75) is 6.54 Å². The molecule has 5 nitrogen and oxygen atoms in total. The van der Waals surface area contributed by atoms with Gasteiger partial charge in [0, 0.05) is 50.1 Å². The van der Waals surface area contributed by atoms with Crippen LogP contribution in [0, 0.1) is 5.92 Å². The fourth-order valence-corrected chi connectivity index (χ4v) is 2.38. The Morgan fingerprint density at radius 1 is 1.30 bits per heavy atom. The van der Waals surface area contributed by atoms with Gasteiger partial charge in [-0.2, -0.15) is 0 Å². The van der Waals surface area contributed by atoms with Crippen LogP contribution in [-0.2, 0) is 6.54 Å². The SMILES string of the molecule is O=C(c1ccc(Cn2ccnc2)cc1)N1CC(CO)C1. The second kappa shape index (κ2) is 5.46. The smallest absolute Gasteiger partial charge is 0.253 e. The molecule has 0 spiro atoms. The molecule has 20 heavy (non-hydrogen) atoms. The molecule has 3 rings (SSSR count). The highest BCUT2D eigenvalue weighted by atomic mass is 16.3. The van der Waals surface area contributed by atoms with Crippen LogP contribution in [0.3, 0.4) is 0 Å². The van der Waals surface area contributed by atoms with Gasteiger partial charge in [-0.05, 0) is 17.7 Å². The van der Waals surface area contributed by atoms with Crippen molar-refractivity contribution in [1.82, 2.24) is 14.5 Å². The van der Waals surface area contributed by atoms with Crippen LogP contribution < -0.4 is 0 Å². The summed E-state index contributed by atoms with van der Waals surface area (Å²) in [5, 5.41) is 8.97. The quantitative estimate of drug-likeness (QED) is 0.902. The van der Waals surface area contributed by atoms with Gasteiger partial charge in [0.15, 0.2) is 0 Å². The Hall–Kier alpha value is -2.14. The number of carbonyl (C=O) groups is 1. The molecular formula is C15H17N3O2. The average Bonchev–Trinajstić information content (AvgIpc) is 2.91. The number of likely N-dealkylation sites (tertiary alicyclic amines) is 1. The molecule has 2 heterocycles. The molecule has 1 aromatic heterocycles. The highest BCUT2D eigenvalue weighted by Crippen LogP contribution is 2.18. The lowest BCUT2D eigenvalue weighted by Crippen LogP contribution is -2.51. The van der Waals surface area contributed by atoms with Crippen molar-refractivity contribution in [2.75, 3.05) is 19.7 Å². The molecule has 0 aliphatic carbocycles. The number of aromatic nitrogens is 2. The lowest BCUT2D eigenvalue weighted by atomic mass is 9.99. The molecule has 1 aliphatic rings. The van der Waals surface area contributed by atoms with E-state index in [0.717, 1.165) is 12.1 Å². The van der Waals surface area contributed by atoms with Crippen LogP contribution in [0.5, 0.6) is 0 Å². The Morgan fingerprint density at radius 3 is 2.65 bits per heavy atom. The van der Waals surface area contributed by atoms with Gasteiger partial charge >= 0.3 is 0 Å². The maximum Gasteiger partial charge on any atom is 0.253 e. The minimum absolute atomic E-state index is 0.0453. The Bertz CT molecular complexity index is 572. The lowest BCUT2D eigenvalue weighted by Gasteiger charge is -2.38. The second-order valence-corrected chi connectivity index (χ2v) is 5.19. The summed E-state index contributed by atoms with van der Waals surface area (Å²) in [5.41, 5.74) is 1.84. The largest absolute Gasteiger partial charge is 0.396 e. The molecule has 0 atom stereocenters. The van der Waals surface area contributed by atoms with Gasteiger partial charge in [-0.15, -0.1) is 0 Å². The molecule has 104 valence electrons. The molecule has 0 unspecified atom stereocenters. The zero-order valence-electron chi connectivity index (χ0n) is 11.1. The topological polar surface area (TPSA) is 58.4 Å². The maximum absolute atomic E-state index is 12.1. The number of nitrogens with zero attached hydrogens (tertiary/aromatic N) is 3. The number of benzene rings is 1. The fourth-order valence-electron chi connectivity index (χ4n) is 2.38. The maximum atomic E-state index is 12.1. The first-order valence-electron chi connectivity index (χ1n) is 6.71. The van der Waals surface area contributed by atoms with E-state index in [4.69, 9.17) is 5.11 Å². The van der Waals surface area contributed by atoms with E-state index in [1.54, 1.807) is 17.4 Å². The summed E-state index contributed by atoms with van der Waals surface area (Å²) in [6.07, 6.45) is 5.43. The van der Waals surface area contributed by atoms with Gasteiger partial charge in [0.1, 0.15) is 0 Å². The highest BCUT2D eigenvalue weighted by Gasteiger charge is 2.30. The number of hydrogen-bond donors (Lipinski definition) is 1. The molecule has 0 bridgehead atoms. The molecule has 1 amide bonds. The number of amides is 1. The summed E-state index contributed by atoms with van der Waals surface area (Å²) in [7, 11) is 0. The molecule has 0 saturated carbocycles. The van der Waals surface area contributed by atoms with Crippen LogP contribution in [0.25, 0.3) is 0 Å². The van der Waals surface area contributed by atoms with Crippen LogP contribution in [0.15, 0.2) is 43.0 Å². The fraction of sp³-hybridized carbons (Fsp3) is 0.333. The van der Waals surface area contributed by atoms with Crippen molar-refractivity contribution in [3.8, 4) is 0 Å². The van der Waals surface area contributed by atoms with Crippen LogP contribution in [0.2, 0.25) is 0 Å². The molecule has 5 heteroatoms. The van der Waals surface area contributed by atoms with Gasteiger partial charge in [0.2, 0.25) is 0 Å². The number of rotatable bonds is 4. The van der Waals surface area contributed by atoms with E-state index in [1.807, 2.05) is 35.0 Å². The van der Waals surface area contributed by atoms with Gasteiger partial charge in [-0.1, -0.05) is 12.1 Å². The Morgan fingerprint density at radius 2 is 2.05 bits per heavy atom. The Kier molecular flexibility index (Phi) is 3.52. The molecule has 1 N–H and O–H groups in total. The summed E-state index contributed by atoms with van der Waals surface area (Å²) in [6, 6.07) is 7.66. The van der Waals surface area contributed by atoms with Crippen molar-refractivity contribution >= 4 is 5.91 Å². The first-order valence-corrected chi connectivity index (χ1v) is 6.71. The molecular weight excluding hydrogens is 254 g/mol. The van der Waals surface area contributed by atoms with Crippen LogP contribution in [0.1, 0.15) is 15.9 Å². The number of imidazole rings is 1. The summed E-state index contributed by atoms with van der Waals surface area (Å²) < 4.78 is 1.98. The lowest BCUT2D eigenvalue weighted by molar-refractivity contribution is 0.0362. The van der Waals surface area contributed by atoms with Crippen molar-refractivity contribution in [2.24, 2.45) is 5.92 Å². The van der Waals surface area contributed by atoms with Gasteiger partial charge in [0.05, 0.1) is 6.33 Å². The predicted octanol–water partition coefficient (Wildman–Crippen LogP) is 0.996. The second-order valence-electron chi connectivity index (χ2n) is 5.19. The molecule has 1 aliphatic heterocycles. The van der Waals surface area contributed by atoms with Crippen LogP contribution in [0.4, 0.5) is 0 Å². The zero-order chi connectivity index (χ0) is 13.9. The number of aliphatic hydroxyl groups is 1. The number of hydrogen-bond acceptors (Lipinski definition) is 3. The third-order valence-corrected chi connectivity index (χ3v) is 3.63. The predicted molar refractivity (Wildman–Crippen MR) is 74.3 cm³/mol. The normalized spacial score (nSPS) is 15.2. The standard InChI is InChI=1S/C15H17N3O2/c19-10-13-8-18(9-13)15(20)14-3-1-12(2-4-14)7-17-6-5-16-11-17/h1-6,11,13,19H,7-10H2. The molecule has 1 fully saturated rings. The Balaban J connectivity index is 1.63. The summed E-state index contributed by atoms with van der Waals surface area (Å²) in [5.74, 6) is 0.295. The first-order chi connectivity index (χ1) is 9.76. The number of aliphatic hydroxyl groups excluding tert-OH is 1. The summed E-state index contributed by atoms with van der Waals surface area (Å²) in [6.45, 7) is 2.23. The Labute approximate surface area is 117 Å². The molecule has 1 aromatic carbocycles. The van der Waals surface area contributed by atoms with Gasteiger partial charge in [-0.3, -0.25) is 4.79 Å². The zero-order valence-corrected chi connectivity index (χ0v) is 11.1. The number of carbonyl (C=O) groups excluding carboxylic acids is 1. The van der Waals surface area contributed by atoms with E-state index >= 15 is 0 Å².